The van der Waals surface area contributed by atoms with Crippen molar-refractivity contribution in [1.29, 1.82) is 0 Å². The molecule has 1 atom stereocenters. The van der Waals surface area contributed by atoms with Crippen LogP contribution < -0.4 is 0 Å². The number of rotatable bonds is 6. The highest BCUT2D eigenvalue weighted by atomic mass is 16.3. The van der Waals surface area contributed by atoms with E-state index in [1.807, 2.05) is 12.1 Å². The lowest BCUT2D eigenvalue weighted by molar-refractivity contribution is -0.129. The van der Waals surface area contributed by atoms with Crippen LogP contribution in [-0.2, 0) is 9.59 Å². The summed E-state index contributed by atoms with van der Waals surface area (Å²) in [6, 6.07) is 3.15. The van der Waals surface area contributed by atoms with Gasteiger partial charge in [0.1, 0.15) is 0 Å². The second kappa shape index (κ2) is 7.19. The number of carbonyl (C=O) groups excluding carboxylic acids is 2. The number of hydrogen-bond donors (Lipinski definition) is 1. The molecular weight excluding hydrogens is 330 g/mol. The standard InChI is InChI=1S/C20H25N3O3/c24-18(15-4-5-15)16-17(14-6-8-21-9-7-14)23(20(26)19(16)25)13-12-22-10-2-1-3-11-22/h6-9,15,17,25H,1-5,10-13H2. The molecule has 1 aromatic heterocycles. The largest absolute Gasteiger partial charge is 0.503 e. The van der Waals surface area contributed by atoms with Crippen molar-refractivity contribution in [2.75, 3.05) is 26.2 Å². The van der Waals surface area contributed by atoms with Crippen molar-refractivity contribution in [3.05, 3.63) is 41.4 Å². The molecule has 0 radical (unpaired) electrons. The minimum atomic E-state index is -0.497. The summed E-state index contributed by atoms with van der Waals surface area (Å²) in [5.41, 5.74) is 1.11. The molecule has 2 aliphatic heterocycles. The smallest absolute Gasteiger partial charge is 0.290 e. The highest BCUT2D eigenvalue weighted by molar-refractivity contribution is 6.10. The number of amides is 1. The minimum absolute atomic E-state index is 0.0358. The Bertz CT molecular complexity index is 721. The molecule has 3 heterocycles. The summed E-state index contributed by atoms with van der Waals surface area (Å²) in [4.78, 5) is 33.6. The predicted molar refractivity (Wildman–Crippen MR) is 96.4 cm³/mol. The van der Waals surface area contributed by atoms with Crippen LogP contribution in [0.4, 0.5) is 0 Å². The van der Waals surface area contributed by atoms with E-state index in [1.165, 1.54) is 19.3 Å². The molecule has 1 aromatic rings. The number of piperidine rings is 1. The molecule has 6 nitrogen and oxygen atoms in total. The molecule has 2 fully saturated rings. The van der Waals surface area contributed by atoms with Crippen LogP contribution in [0.5, 0.6) is 0 Å². The summed E-state index contributed by atoms with van der Waals surface area (Å²) in [5.74, 6) is -0.889. The number of pyridine rings is 1. The number of likely N-dealkylation sites (tertiary alicyclic amines) is 1. The fourth-order valence-electron chi connectivity index (χ4n) is 4.03. The molecule has 1 saturated heterocycles. The van der Waals surface area contributed by atoms with Gasteiger partial charge in [-0.05, 0) is 56.5 Å². The van der Waals surface area contributed by atoms with Crippen molar-refractivity contribution in [3.63, 3.8) is 0 Å². The normalized spacial score (nSPS) is 24.4. The zero-order chi connectivity index (χ0) is 18.1. The van der Waals surface area contributed by atoms with E-state index in [1.54, 1.807) is 17.3 Å². The van der Waals surface area contributed by atoms with Gasteiger partial charge in [-0.25, -0.2) is 0 Å². The molecule has 6 heteroatoms. The van der Waals surface area contributed by atoms with Crippen LogP contribution in [0.1, 0.15) is 43.7 Å². The average molecular weight is 355 g/mol. The summed E-state index contributed by atoms with van der Waals surface area (Å²) >= 11 is 0. The molecule has 0 spiro atoms. The average Bonchev–Trinajstić information content (AvgIpc) is 3.49. The van der Waals surface area contributed by atoms with Crippen molar-refractivity contribution in [2.24, 2.45) is 5.92 Å². The van der Waals surface area contributed by atoms with Gasteiger partial charge in [0, 0.05) is 31.4 Å². The number of Topliss-reactive ketones (excluding diaryl/α,β-unsaturated/α-hetero) is 1. The van der Waals surface area contributed by atoms with Crippen LogP contribution in [0, 0.1) is 5.92 Å². The predicted octanol–water partition coefficient (Wildman–Crippen LogP) is 2.24. The van der Waals surface area contributed by atoms with E-state index < -0.39 is 11.9 Å². The number of aromatic nitrogens is 1. The Labute approximate surface area is 153 Å². The molecule has 1 unspecified atom stereocenters. The Hall–Kier alpha value is -2.21. The number of aliphatic hydroxyl groups is 1. The highest BCUT2D eigenvalue weighted by Crippen LogP contribution is 2.43. The second-order valence-corrected chi connectivity index (χ2v) is 7.48. The third kappa shape index (κ3) is 3.26. The van der Waals surface area contributed by atoms with E-state index in [0.29, 0.717) is 6.54 Å². The van der Waals surface area contributed by atoms with Gasteiger partial charge in [0.15, 0.2) is 11.5 Å². The van der Waals surface area contributed by atoms with E-state index in [2.05, 4.69) is 9.88 Å². The molecule has 1 N–H and O–H groups in total. The van der Waals surface area contributed by atoms with E-state index in [-0.39, 0.29) is 23.0 Å². The van der Waals surface area contributed by atoms with Crippen LogP contribution in [0.15, 0.2) is 35.9 Å². The van der Waals surface area contributed by atoms with E-state index >= 15 is 0 Å². The van der Waals surface area contributed by atoms with Gasteiger partial charge in [0.2, 0.25) is 0 Å². The van der Waals surface area contributed by atoms with Gasteiger partial charge in [0.25, 0.3) is 5.91 Å². The van der Waals surface area contributed by atoms with Crippen molar-refractivity contribution in [2.45, 2.75) is 38.1 Å². The van der Waals surface area contributed by atoms with Gasteiger partial charge in [-0.1, -0.05) is 6.42 Å². The molecule has 1 aliphatic carbocycles. The van der Waals surface area contributed by atoms with E-state index in [4.69, 9.17) is 0 Å². The zero-order valence-electron chi connectivity index (χ0n) is 14.9. The third-order valence-corrected chi connectivity index (χ3v) is 5.64. The van der Waals surface area contributed by atoms with Crippen LogP contribution >= 0.6 is 0 Å². The molecule has 1 saturated carbocycles. The molecular formula is C20H25N3O3. The first-order valence-electron chi connectivity index (χ1n) is 9.57. The Kier molecular flexibility index (Phi) is 4.76. The lowest BCUT2D eigenvalue weighted by Gasteiger charge is -2.31. The first kappa shape index (κ1) is 17.2. The number of aliphatic hydroxyl groups excluding tert-OH is 1. The summed E-state index contributed by atoms with van der Waals surface area (Å²) in [6.45, 7) is 3.38. The Morgan fingerprint density at radius 3 is 2.46 bits per heavy atom. The lowest BCUT2D eigenvalue weighted by atomic mass is 9.95. The summed E-state index contributed by atoms with van der Waals surface area (Å²) in [7, 11) is 0. The molecule has 4 rings (SSSR count). The fourth-order valence-corrected chi connectivity index (χ4v) is 4.03. The quantitative estimate of drug-likeness (QED) is 0.847. The van der Waals surface area contributed by atoms with Gasteiger partial charge in [-0.2, -0.15) is 0 Å². The molecule has 3 aliphatic rings. The van der Waals surface area contributed by atoms with E-state index in [0.717, 1.165) is 38.0 Å². The minimum Gasteiger partial charge on any atom is -0.503 e. The maximum atomic E-state index is 12.8. The number of carbonyl (C=O) groups is 2. The first-order chi connectivity index (χ1) is 12.7. The lowest BCUT2D eigenvalue weighted by Crippen LogP contribution is -2.40. The summed E-state index contributed by atoms with van der Waals surface area (Å²) < 4.78 is 0. The van der Waals surface area contributed by atoms with Gasteiger partial charge in [0.05, 0.1) is 11.6 Å². The first-order valence-corrected chi connectivity index (χ1v) is 9.57. The Balaban J connectivity index is 1.59. The maximum absolute atomic E-state index is 12.8. The Morgan fingerprint density at radius 2 is 1.81 bits per heavy atom. The monoisotopic (exact) mass is 355 g/mol. The SMILES string of the molecule is O=C(C1=C(O)C(=O)N(CCN2CCCCC2)C1c1ccncc1)C1CC1. The highest BCUT2D eigenvalue weighted by Gasteiger charge is 2.46. The van der Waals surface area contributed by atoms with Gasteiger partial charge >= 0.3 is 0 Å². The topological polar surface area (TPSA) is 73.7 Å². The van der Waals surface area contributed by atoms with Crippen LogP contribution in [-0.4, -0.2) is 57.8 Å². The van der Waals surface area contributed by atoms with Gasteiger partial charge in [-0.3, -0.25) is 14.6 Å². The van der Waals surface area contributed by atoms with Crippen molar-refractivity contribution < 1.29 is 14.7 Å². The molecule has 26 heavy (non-hydrogen) atoms. The van der Waals surface area contributed by atoms with Crippen LogP contribution in [0.25, 0.3) is 0 Å². The number of nitrogens with zero attached hydrogens (tertiary/aromatic N) is 3. The van der Waals surface area contributed by atoms with Gasteiger partial charge < -0.3 is 14.9 Å². The Morgan fingerprint density at radius 1 is 1.12 bits per heavy atom. The van der Waals surface area contributed by atoms with Crippen molar-refractivity contribution in [1.82, 2.24) is 14.8 Å². The van der Waals surface area contributed by atoms with Crippen LogP contribution in [0.2, 0.25) is 0 Å². The van der Waals surface area contributed by atoms with Crippen molar-refractivity contribution in [3.8, 4) is 0 Å². The third-order valence-electron chi connectivity index (χ3n) is 5.64. The molecule has 0 bridgehead atoms. The maximum Gasteiger partial charge on any atom is 0.290 e. The zero-order valence-corrected chi connectivity index (χ0v) is 14.9. The molecule has 0 aromatic carbocycles. The fraction of sp³-hybridized carbons (Fsp3) is 0.550. The number of ketones is 1. The number of hydrogen-bond acceptors (Lipinski definition) is 5. The molecule has 1 amide bonds. The molecule has 138 valence electrons. The van der Waals surface area contributed by atoms with E-state index in [9.17, 15) is 14.7 Å². The van der Waals surface area contributed by atoms with Crippen LogP contribution in [0.3, 0.4) is 0 Å². The second-order valence-electron chi connectivity index (χ2n) is 7.48. The van der Waals surface area contributed by atoms with Crippen molar-refractivity contribution >= 4 is 11.7 Å². The summed E-state index contributed by atoms with van der Waals surface area (Å²) in [5, 5.41) is 10.5. The summed E-state index contributed by atoms with van der Waals surface area (Å²) in [6.07, 6.45) is 8.67. The van der Waals surface area contributed by atoms with Gasteiger partial charge in [-0.15, -0.1) is 0 Å².